The summed E-state index contributed by atoms with van der Waals surface area (Å²) in [6.07, 6.45) is 1.10. The quantitative estimate of drug-likeness (QED) is 0.348. The predicted octanol–water partition coefficient (Wildman–Crippen LogP) is 5.35. The lowest BCUT2D eigenvalue weighted by atomic mass is 9.86. The number of para-hydroxylation sites is 1. The van der Waals surface area contributed by atoms with E-state index in [2.05, 4.69) is 0 Å². The third kappa shape index (κ3) is 4.84. The molecule has 180 valence electrons. The number of phenolic OH excluding ortho intramolecular Hbond substituents is 2. The maximum absolute atomic E-state index is 13.4. The van der Waals surface area contributed by atoms with E-state index in [9.17, 15) is 19.8 Å². The first-order chi connectivity index (χ1) is 16.8. The molecule has 0 aliphatic carbocycles. The van der Waals surface area contributed by atoms with Crippen LogP contribution >= 0.6 is 0 Å². The zero-order valence-electron chi connectivity index (χ0n) is 19.6. The number of fused-ring (bicyclic) bond motifs is 1. The fourth-order valence-electron chi connectivity index (χ4n) is 4.14. The Bertz CT molecular complexity index is 1420. The van der Waals surface area contributed by atoms with E-state index in [1.54, 1.807) is 18.2 Å². The molecule has 1 atom stereocenters. The van der Waals surface area contributed by atoms with Crippen LogP contribution in [0.4, 0.5) is 0 Å². The van der Waals surface area contributed by atoms with Gasteiger partial charge in [-0.1, -0.05) is 30.3 Å². The maximum atomic E-state index is 13.4. The van der Waals surface area contributed by atoms with Gasteiger partial charge >= 0.3 is 5.97 Å². The van der Waals surface area contributed by atoms with E-state index in [-0.39, 0.29) is 40.4 Å². The highest BCUT2D eigenvalue weighted by Gasteiger charge is 2.29. The van der Waals surface area contributed by atoms with Crippen molar-refractivity contribution in [1.82, 2.24) is 0 Å². The number of rotatable bonds is 7. The molecule has 0 saturated carbocycles. The molecule has 0 amide bonds. The van der Waals surface area contributed by atoms with Gasteiger partial charge in [0.15, 0.2) is 0 Å². The SMILES string of the molecule is COC(=O)C[C@H](c1ccccc1OC(C)C)c1c(O)ccc2c(=O)c(-c3ccc(O)cc3)coc12. The molecule has 7 heteroatoms. The van der Waals surface area contributed by atoms with Gasteiger partial charge in [0.1, 0.15) is 29.1 Å². The van der Waals surface area contributed by atoms with Gasteiger partial charge in [0.2, 0.25) is 5.43 Å². The zero-order valence-corrected chi connectivity index (χ0v) is 19.6. The van der Waals surface area contributed by atoms with Crippen LogP contribution in [0.3, 0.4) is 0 Å². The van der Waals surface area contributed by atoms with Crippen LogP contribution < -0.4 is 10.2 Å². The van der Waals surface area contributed by atoms with E-state index in [1.165, 1.54) is 37.6 Å². The molecule has 35 heavy (non-hydrogen) atoms. The van der Waals surface area contributed by atoms with Gasteiger partial charge in [-0.25, -0.2) is 0 Å². The van der Waals surface area contributed by atoms with Crippen LogP contribution in [0.1, 0.15) is 37.3 Å². The summed E-state index contributed by atoms with van der Waals surface area (Å²) in [4.78, 5) is 25.8. The first-order valence-corrected chi connectivity index (χ1v) is 11.2. The average molecular weight is 475 g/mol. The van der Waals surface area contributed by atoms with Gasteiger partial charge in [-0.05, 0) is 49.7 Å². The highest BCUT2D eigenvalue weighted by atomic mass is 16.5. The normalized spacial score (nSPS) is 12.0. The van der Waals surface area contributed by atoms with E-state index in [1.807, 2.05) is 32.0 Å². The lowest BCUT2D eigenvalue weighted by Crippen LogP contribution is -2.15. The first kappa shape index (κ1) is 23.9. The van der Waals surface area contributed by atoms with Gasteiger partial charge in [-0.15, -0.1) is 0 Å². The Morgan fingerprint density at radius 2 is 1.71 bits per heavy atom. The number of benzene rings is 3. The molecule has 4 rings (SSSR count). The second kappa shape index (κ2) is 9.93. The summed E-state index contributed by atoms with van der Waals surface area (Å²) >= 11 is 0. The van der Waals surface area contributed by atoms with E-state index < -0.39 is 11.9 Å². The monoisotopic (exact) mass is 474 g/mol. The number of carbonyl (C=O) groups is 1. The summed E-state index contributed by atoms with van der Waals surface area (Å²) in [7, 11) is 1.29. The zero-order chi connectivity index (χ0) is 25.1. The largest absolute Gasteiger partial charge is 0.508 e. The third-order valence-corrected chi connectivity index (χ3v) is 5.74. The van der Waals surface area contributed by atoms with E-state index in [0.717, 1.165) is 0 Å². The summed E-state index contributed by atoms with van der Waals surface area (Å²) in [6.45, 7) is 3.79. The number of phenols is 2. The van der Waals surface area contributed by atoms with Crippen molar-refractivity contribution >= 4 is 16.9 Å². The molecule has 0 aliphatic heterocycles. The van der Waals surface area contributed by atoms with Crippen molar-refractivity contribution in [3.63, 3.8) is 0 Å². The third-order valence-electron chi connectivity index (χ3n) is 5.74. The van der Waals surface area contributed by atoms with Crippen molar-refractivity contribution in [1.29, 1.82) is 0 Å². The summed E-state index contributed by atoms with van der Waals surface area (Å²) in [6, 6.07) is 16.4. The van der Waals surface area contributed by atoms with Crippen LogP contribution in [0.5, 0.6) is 17.2 Å². The maximum Gasteiger partial charge on any atom is 0.306 e. The number of hydrogen-bond donors (Lipinski definition) is 2. The van der Waals surface area contributed by atoms with Crippen molar-refractivity contribution in [3.05, 3.63) is 88.3 Å². The molecule has 0 bridgehead atoms. The molecule has 0 saturated heterocycles. The fourth-order valence-corrected chi connectivity index (χ4v) is 4.14. The van der Waals surface area contributed by atoms with Gasteiger partial charge in [-0.2, -0.15) is 0 Å². The Morgan fingerprint density at radius 1 is 1.00 bits per heavy atom. The van der Waals surface area contributed by atoms with Crippen LogP contribution in [-0.4, -0.2) is 29.4 Å². The van der Waals surface area contributed by atoms with Crippen molar-refractivity contribution in [2.75, 3.05) is 7.11 Å². The minimum Gasteiger partial charge on any atom is -0.508 e. The summed E-state index contributed by atoms with van der Waals surface area (Å²) in [5.74, 6) is -0.682. The van der Waals surface area contributed by atoms with Crippen molar-refractivity contribution in [2.45, 2.75) is 32.3 Å². The summed E-state index contributed by atoms with van der Waals surface area (Å²) in [5.41, 5.74) is 1.70. The fraction of sp³-hybridized carbons (Fsp3) is 0.214. The molecule has 1 aromatic heterocycles. The molecule has 2 N–H and O–H groups in total. The standard InChI is InChI=1S/C28H26O7/c1-16(2)35-24-7-5-4-6-19(24)21(14-25(31)33-3)26-23(30)13-12-20-27(32)22(15-34-28(20)26)17-8-10-18(29)11-9-17/h4-13,15-16,21,29-30H,14H2,1-3H3/t21-/m1/s1. The van der Waals surface area contributed by atoms with Crippen LogP contribution in [0, 0.1) is 0 Å². The Balaban J connectivity index is 1.95. The van der Waals surface area contributed by atoms with E-state index in [0.29, 0.717) is 28.0 Å². The molecule has 3 aromatic carbocycles. The Hall–Kier alpha value is -4.26. The van der Waals surface area contributed by atoms with Gasteiger partial charge < -0.3 is 24.1 Å². The number of methoxy groups -OCH3 is 1. The number of aromatic hydroxyl groups is 2. The van der Waals surface area contributed by atoms with Gasteiger partial charge in [0.25, 0.3) is 0 Å². The number of esters is 1. The Kier molecular flexibility index (Phi) is 6.78. The van der Waals surface area contributed by atoms with E-state index >= 15 is 0 Å². The molecule has 0 unspecified atom stereocenters. The molecular weight excluding hydrogens is 448 g/mol. The molecule has 7 nitrogen and oxygen atoms in total. The molecule has 4 aromatic rings. The number of carbonyl (C=O) groups excluding carboxylic acids is 1. The van der Waals surface area contributed by atoms with Crippen LogP contribution in [0.15, 0.2) is 76.1 Å². The van der Waals surface area contributed by atoms with Gasteiger partial charge in [0, 0.05) is 17.0 Å². The minimum atomic E-state index is -0.705. The lowest BCUT2D eigenvalue weighted by Gasteiger charge is -2.23. The van der Waals surface area contributed by atoms with Crippen molar-refractivity contribution in [3.8, 4) is 28.4 Å². The summed E-state index contributed by atoms with van der Waals surface area (Å²) < 4.78 is 16.9. The second-order valence-corrected chi connectivity index (χ2v) is 8.44. The molecule has 0 radical (unpaired) electrons. The van der Waals surface area contributed by atoms with Crippen LogP contribution in [0.2, 0.25) is 0 Å². The Labute approximate surface area is 202 Å². The number of ether oxygens (including phenoxy) is 2. The van der Waals surface area contributed by atoms with Gasteiger partial charge in [-0.3, -0.25) is 9.59 Å². The van der Waals surface area contributed by atoms with Crippen LogP contribution in [-0.2, 0) is 9.53 Å². The topological polar surface area (TPSA) is 106 Å². The molecule has 0 spiro atoms. The molecule has 0 fully saturated rings. The highest BCUT2D eigenvalue weighted by molar-refractivity contribution is 5.87. The first-order valence-electron chi connectivity index (χ1n) is 11.2. The van der Waals surface area contributed by atoms with Crippen molar-refractivity contribution in [2.24, 2.45) is 0 Å². The predicted molar refractivity (Wildman–Crippen MR) is 132 cm³/mol. The van der Waals surface area contributed by atoms with Crippen molar-refractivity contribution < 1.29 is 28.9 Å². The van der Waals surface area contributed by atoms with Crippen LogP contribution in [0.25, 0.3) is 22.1 Å². The Morgan fingerprint density at radius 3 is 2.40 bits per heavy atom. The smallest absolute Gasteiger partial charge is 0.306 e. The summed E-state index contributed by atoms with van der Waals surface area (Å²) in [5, 5.41) is 20.7. The lowest BCUT2D eigenvalue weighted by molar-refractivity contribution is -0.140. The molecular formula is C28H26O7. The molecule has 1 heterocycles. The van der Waals surface area contributed by atoms with Gasteiger partial charge in [0.05, 0.1) is 30.6 Å². The number of hydrogen-bond acceptors (Lipinski definition) is 7. The minimum absolute atomic E-state index is 0.0825. The highest BCUT2D eigenvalue weighted by Crippen LogP contribution is 2.42. The average Bonchev–Trinajstić information content (AvgIpc) is 2.84. The second-order valence-electron chi connectivity index (χ2n) is 8.44. The van der Waals surface area contributed by atoms with E-state index in [4.69, 9.17) is 13.9 Å². The molecule has 0 aliphatic rings.